The van der Waals surface area contributed by atoms with Gasteiger partial charge in [-0.15, -0.1) is 0 Å². The van der Waals surface area contributed by atoms with E-state index in [1.807, 2.05) is 41.5 Å². The molecule has 0 spiro atoms. The summed E-state index contributed by atoms with van der Waals surface area (Å²) in [4.78, 5) is 11.0. The van der Waals surface area contributed by atoms with E-state index in [4.69, 9.17) is 10.9 Å². The largest absolute Gasteiger partial charge is 1.00 e. The van der Waals surface area contributed by atoms with E-state index in [9.17, 15) is 4.79 Å². The van der Waals surface area contributed by atoms with Crippen molar-refractivity contribution in [2.45, 2.75) is 25.9 Å². The molecule has 0 aromatic carbocycles. The third kappa shape index (κ3) is 7.18. The predicted molar refractivity (Wildman–Crippen MR) is 80.4 cm³/mol. The molecule has 2 heterocycles. The Morgan fingerprint density at radius 3 is 2.29 bits per heavy atom. The molecule has 130 valence electrons. The van der Waals surface area contributed by atoms with Crippen LogP contribution in [0.1, 0.15) is 28.8 Å². The Hall–Kier alpha value is -1.80. The standard InChI is InChI=1S/C16H18N4O2.2BrH/c17-16(21)15-5-10-19(11-6-15)7-1-2-8-20-9-3-4-14(13-20)12-18-22;;/h3-6,9-13H,1-2,7-8H2,(H-2,17,21,22);2*1H/b18-12+;;. The molecule has 8 heteroatoms. The lowest BCUT2D eigenvalue weighted by molar-refractivity contribution is -0.708. The van der Waals surface area contributed by atoms with Crippen molar-refractivity contribution in [1.82, 2.24) is 0 Å². The number of hydrogen-bond acceptors (Lipinski definition) is 3. The van der Waals surface area contributed by atoms with Crippen LogP contribution in [0.25, 0.3) is 0 Å². The Bertz CT molecular complexity index is 663. The average Bonchev–Trinajstić information content (AvgIpc) is 2.53. The molecule has 0 aliphatic carbocycles. The van der Waals surface area contributed by atoms with E-state index < -0.39 is 5.91 Å². The fourth-order valence-electron chi connectivity index (χ4n) is 2.18. The van der Waals surface area contributed by atoms with Gasteiger partial charge in [-0.25, -0.2) is 9.13 Å². The number of pyridine rings is 2. The predicted octanol–water partition coefficient (Wildman–Crippen LogP) is -5.34. The minimum Gasteiger partial charge on any atom is -1.00 e. The molecule has 2 rings (SSSR count). The van der Waals surface area contributed by atoms with E-state index in [-0.39, 0.29) is 34.0 Å². The van der Waals surface area contributed by atoms with Gasteiger partial charge in [-0.1, -0.05) is 5.16 Å². The molecular formula is C16H20Br2N4O2. The lowest BCUT2D eigenvalue weighted by Crippen LogP contribution is -3.00. The highest BCUT2D eigenvalue weighted by Gasteiger charge is 2.06. The Morgan fingerprint density at radius 1 is 1.08 bits per heavy atom. The summed E-state index contributed by atoms with van der Waals surface area (Å²) in [6.45, 7) is 1.78. The van der Waals surface area contributed by atoms with E-state index in [1.54, 1.807) is 12.1 Å². The summed E-state index contributed by atoms with van der Waals surface area (Å²) in [7, 11) is 0. The number of primary amides is 1. The quantitative estimate of drug-likeness (QED) is 0.142. The zero-order valence-electron chi connectivity index (χ0n) is 13.1. The maximum atomic E-state index is 11.0. The summed E-state index contributed by atoms with van der Waals surface area (Å²) in [5, 5.41) is 11.6. The van der Waals surface area contributed by atoms with Crippen molar-refractivity contribution in [3.63, 3.8) is 0 Å². The number of unbranched alkanes of at least 4 members (excludes halogenated alkanes) is 1. The van der Waals surface area contributed by atoms with Crippen LogP contribution in [-0.2, 0) is 13.1 Å². The maximum absolute atomic E-state index is 11.0. The number of rotatable bonds is 7. The summed E-state index contributed by atoms with van der Waals surface area (Å²) in [5.41, 5.74) is 6.59. The average molecular weight is 460 g/mol. The van der Waals surface area contributed by atoms with Crippen LogP contribution >= 0.6 is 0 Å². The molecule has 0 saturated heterocycles. The number of carbonyl (C=O) groups excluding carboxylic acids is 1. The molecule has 2 aromatic heterocycles. The first kappa shape index (κ1) is 22.2. The molecule has 6 nitrogen and oxygen atoms in total. The molecule has 0 bridgehead atoms. The molecular weight excluding hydrogens is 440 g/mol. The van der Waals surface area contributed by atoms with Gasteiger partial charge in [-0.3, -0.25) is 4.79 Å². The topological polar surface area (TPSA) is 83.4 Å². The maximum Gasteiger partial charge on any atom is 0.249 e. The second kappa shape index (κ2) is 11.7. The number of aromatic nitrogens is 2. The summed E-state index contributed by atoms with van der Waals surface area (Å²) in [5.74, 6) is -0.408. The van der Waals surface area contributed by atoms with Crippen LogP contribution in [0, 0.1) is 0 Å². The van der Waals surface area contributed by atoms with E-state index in [2.05, 4.69) is 9.72 Å². The van der Waals surface area contributed by atoms with Gasteiger partial charge in [0.05, 0.1) is 17.3 Å². The van der Waals surface area contributed by atoms with Crippen LogP contribution < -0.4 is 48.8 Å². The zero-order chi connectivity index (χ0) is 15.8. The number of nitrogens with zero attached hydrogens (tertiary/aromatic N) is 3. The van der Waals surface area contributed by atoms with Gasteiger partial charge in [0.15, 0.2) is 24.8 Å². The number of amides is 1. The SMILES string of the molecule is NC(=O)c1cc[n+](CCCC[n+]2cccc(/C=N/O)c2)cc1.[Br-].[Br-]. The van der Waals surface area contributed by atoms with Gasteiger partial charge in [0.2, 0.25) is 5.91 Å². The Kier molecular flexibility index (Phi) is 10.8. The summed E-state index contributed by atoms with van der Waals surface area (Å²) in [6.07, 6.45) is 11.1. The first-order chi connectivity index (χ1) is 10.7. The third-order valence-electron chi connectivity index (χ3n) is 3.35. The van der Waals surface area contributed by atoms with Crippen LogP contribution in [-0.4, -0.2) is 17.3 Å². The minimum absolute atomic E-state index is 0. The molecule has 0 radical (unpaired) electrons. The van der Waals surface area contributed by atoms with Crippen LogP contribution in [0.15, 0.2) is 54.2 Å². The zero-order valence-corrected chi connectivity index (χ0v) is 16.2. The number of hydrogen-bond donors (Lipinski definition) is 2. The molecule has 0 aliphatic heterocycles. The number of oxime groups is 1. The van der Waals surface area contributed by atoms with Gasteiger partial charge in [0.1, 0.15) is 13.1 Å². The number of nitrogens with two attached hydrogens (primary N) is 1. The monoisotopic (exact) mass is 458 g/mol. The van der Waals surface area contributed by atoms with Crippen molar-refractivity contribution < 1.29 is 53.1 Å². The van der Waals surface area contributed by atoms with Gasteiger partial charge in [0, 0.05) is 31.0 Å². The van der Waals surface area contributed by atoms with Crippen LogP contribution in [0.5, 0.6) is 0 Å². The smallest absolute Gasteiger partial charge is 0.249 e. The molecule has 0 saturated carbocycles. The number of aryl methyl sites for hydroxylation is 2. The normalized spacial score (nSPS) is 10.0. The molecule has 0 aliphatic rings. The molecule has 3 N–H and O–H groups in total. The number of halogens is 2. The third-order valence-corrected chi connectivity index (χ3v) is 3.35. The second-order valence-corrected chi connectivity index (χ2v) is 5.02. The van der Waals surface area contributed by atoms with Crippen molar-refractivity contribution in [2.24, 2.45) is 10.9 Å². The van der Waals surface area contributed by atoms with Crippen molar-refractivity contribution >= 4 is 12.1 Å². The fourth-order valence-corrected chi connectivity index (χ4v) is 2.18. The summed E-state index contributed by atoms with van der Waals surface area (Å²) < 4.78 is 4.10. The van der Waals surface area contributed by atoms with Gasteiger partial charge in [-0.2, -0.15) is 0 Å². The molecule has 0 atom stereocenters. The van der Waals surface area contributed by atoms with Crippen molar-refractivity contribution in [3.05, 3.63) is 60.2 Å². The molecule has 0 fully saturated rings. The number of carbonyl (C=O) groups is 1. The fraction of sp³-hybridized carbons (Fsp3) is 0.250. The van der Waals surface area contributed by atoms with E-state index >= 15 is 0 Å². The van der Waals surface area contributed by atoms with Crippen molar-refractivity contribution in [2.75, 3.05) is 0 Å². The highest BCUT2D eigenvalue weighted by molar-refractivity contribution is 5.92. The van der Waals surface area contributed by atoms with E-state index in [0.717, 1.165) is 31.5 Å². The van der Waals surface area contributed by atoms with E-state index in [0.29, 0.717) is 5.56 Å². The van der Waals surface area contributed by atoms with Gasteiger partial charge in [0.25, 0.3) is 0 Å². The molecule has 0 unspecified atom stereocenters. The Morgan fingerprint density at radius 2 is 1.71 bits per heavy atom. The highest BCUT2D eigenvalue weighted by Crippen LogP contribution is 1.95. The highest BCUT2D eigenvalue weighted by atomic mass is 79.9. The van der Waals surface area contributed by atoms with Crippen molar-refractivity contribution in [1.29, 1.82) is 0 Å². The Labute approximate surface area is 162 Å². The summed E-state index contributed by atoms with van der Waals surface area (Å²) in [6, 6.07) is 7.27. The first-order valence-corrected chi connectivity index (χ1v) is 7.14. The first-order valence-electron chi connectivity index (χ1n) is 7.14. The minimum atomic E-state index is -0.408. The molecule has 1 amide bonds. The Balaban J connectivity index is 0.00000264. The van der Waals surface area contributed by atoms with Crippen LogP contribution in [0.3, 0.4) is 0 Å². The molecule has 2 aromatic rings. The van der Waals surface area contributed by atoms with Gasteiger partial charge < -0.3 is 44.9 Å². The van der Waals surface area contributed by atoms with Crippen molar-refractivity contribution in [3.8, 4) is 0 Å². The van der Waals surface area contributed by atoms with Crippen LogP contribution in [0.2, 0.25) is 0 Å². The van der Waals surface area contributed by atoms with Gasteiger partial charge in [-0.05, 0) is 6.07 Å². The van der Waals surface area contributed by atoms with Gasteiger partial charge >= 0.3 is 0 Å². The summed E-state index contributed by atoms with van der Waals surface area (Å²) >= 11 is 0. The van der Waals surface area contributed by atoms with E-state index in [1.165, 1.54) is 6.21 Å². The lowest BCUT2D eigenvalue weighted by atomic mass is 10.2. The van der Waals surface area contributed by atoms with Crippen LogP contribution in [0.4, 0.5) is 0 Å². The second-order valence-electron chi connectivity index (χ2n) is 5.02. The molecule has 24 heavy (non-hydrogen) atoms. The lowest BCUT2D eigenvalue weighted by Gasteiger charge is -1.99.